The lowest BCUT2D eigenvalue weighted by molar-refractivity contribution is 0.0773. The zero-order chi connectivity index (χ0) is 17.1. The summed E-state index contributed by atoms with van der Waals surface area (Å²) < 4.78 is 1.49. The van der Waals surface area contributed by atoms with Gasteiger partial charge in [-0.05, 0) is 50.2 Å². The molecule has 0 aliphatic heterocycles. The van der Waals surface area contributed by atoms with E-state index < -0.39 is 0 Å². The number of benzene rings is 2. The van der Waals surface area contributed by atoms with Crippen LogP contribution in [0.1, 0.15) is 24.2 Å². The third kappa shape index (κ3) is 2.80. The maximum atomic E-state index is 12.6. The van der Waals surface area contributed by atoms with Gasteiger partial charge < -0.3 is 4.90 Å². The van der Waals surface area contributed by atoms with E-state index in [-0.39, 0.29) is 11.5 Å². The van der Waals surface area contributed by atoms with Crippen LogP contribution in [-0.2, 0) is 0 Å². The fourth-order valence-electron chi connectivity index (χ4n) is 2.71. The van der Waals surface area contributed by atoms with Crippen LogP contribution in [0, 0.1) is 0 Å². The molecule has 0 N–H and O–H groups in total. The predicted octanol–water partition coefficient (Wildman–Crippen LogP) is 2.87. The van der Waals surface area contributed by atoms with Crippen LogP contribution in [0.3, 0.4) is 0 Å². The average molecular weight is 321 g/mol. The molecule has 0 radical (unpaired) electrons. The quantitative estimate of drug-likeness (QED) is 0.742. The number of nitrogens with zero attached hydrogens (tertiary/aromatic N) is 3. The SMILES string of the molecule is CCN(CC)C(=O)c1ccc(-n2cnc3ccccc3c2=O)cc1. The summed E-state index contributed by atoms with van der Waals surface area (Å²) in [5, 5.41) is 0.572. The third-order valence-corrected chi connectivity index (χ3v) is 4.11. The van der Waals surface area contributed by atoms with E-state index in [1.165, 1.54) is 10.9 Å². The molecule has 5 heteroatoms. The molecule has 122 valence electrons. The highest BCUT2D eigenvalue weighted by Crippen LogP contribution is 2.12. The number of para-hydroxylation sites is 1. The Hall–Kier alpha value is -2.95. The molecule has 1 aromatic heterocycles. The molecule has 0 bridgehead atoms. The Morgan fingerprint density at radius 1 is 1.04 bits per heavy atom. The molecule has 0 saturated heterocycles. The Kier molecular flexibility index (Phi) is 4.42. The summed E-state index contributed by atoms with van der Waals surface area (Å²) in [4.78, 5) is 31.0. The van der Waals surface area contributed by atoms with Crippen molar-refractivity contribution in [2.75, 3.05) is 13.1 Å². The molecule has 0 atom stereocenters. The van der Waals surface area contributed by atoms with Crippen molar-refractivity contribution >= 4 is 16.8 Å². The Morgan fingerprint density at radius 2 is 1.71 bits per heavy atom. The second kappa shape index (κ2) is 6.66. The molecule has 0 aliphatic carbocycles. The predicted molar refractivity (Wildman–Crippen MR) is 94.6 cm³/mol. The number of fused-ring (bicyclic) bond motifs is 1. The Morgan fingerprint density at radius 3 is 2.38 bits per heavy atom. The summed E-state index contributed by atoms with van der Waals surface area (Å²) in [6, 6.07) is 14.3. The van der Waals surface area contributed by atoms with Crippen LogP contribution in [-0.4, -0.2) is 33.4 Å². The van der Waals surface area contributed by atoms with Gasteiger partial charge in [0.1, 0.15) is 6.33 Å². The summed E-state index contributed by atoms with van der Waals surface area (Å²) in [5.41, 5.74) is 1.86. The van der Waals surface area contributed by atoms with E-state index in [2.05, 4.69) is 4.98 Å². The van der Waals surface area contributed by atoms with Gasteiger partial charge in [0.25, 0.3) is 11.5 Å². The second-order valence-corrected chi connectivity index (χ2v) is 5.46. The summed E-state index contributed by atoms with van der Waals surface area (Å²) in [6.45, 7) is 5.25. The Bertz CT molecular complexity index is 925. The molecule has 1 heterocycles. The lowest BCUT2D eigenvalue weighted by Crippen LogP contribution is -2.30. The highest BCUT2D eigenvalue weighted by Gasteiger charge is 2.12. The van der Waals surface area contributed by atoms with Gasteiger partial charge in [-0.3, -0.25) is 14.2 Å². The Labute approximate surface area is 140 Å². The van der Waals surface area contributed by atoms with Crippen LogP contribution in [0.25, 0.3) is 16.6 Å². The van der Waals surface area contributed by atoms with Gasteiger partial charge >= 0.3 is 0 Å². The van der Waals surface area contributed by atoms with Crippen molar-refractivity contribution < 1.29 is 4.79 Å². The van der Waals surface area contributed by atoms with Crippen molar-refractivity contribution in [2.45, 2.75) is 13.8 Å². The van der Waals surface area contributed by atoms with Crippen molar-refractivity contribution in [1.82, 2.24) is 14.5 Å². The Balaban J connectivity index is 1.98. The van der Waals surface area contributed by atoms with Crippen molar-refractivity contribution in [3.63, 3.8) is 0 Å². The monoisotopic (exact) mass is 321 g/mol. The first kappa shape index (κ1) is 15.9. The number of rotatable bonds is 4. The standard InChI is InChI=1S/C19H19N3O2/c1-3-21(4-2)18(23)14-9-11-15(12-10-14)22-13-20-17-8-6-5-7-16(17)19(22)24/h5-13H,3-4H2,1-2H3. The lowest BCUT2D eigenvalue weighted by atomic mass is 10.1. The molecule has 0 aliphatic rings. The zero-order valence-corrected chi connectivity index (χ0v) is 13.8. The number of hydrogen-bond donors (Lipinski definition) is 0. The minimum absolute atomic E-state index is 0.00414. The molecule has 3 rings (SSSR count). The fourth-order valence-corrected chi connectivity index (χ4v) is 2.71. The van der Waals surface area contributed by atoms with Crippen LogP contribution < -0.4 is 5.56 Å². The molecule has 1 amide bonds. The van der Waals surface area contributed by atoms with E-state index in [0.717, 1.165) is 0 Å². The van der Waals surface area contributed by atoms with Crippen LogP contribution in [0.2, 0.25) is 0 Å². The number of hydrogen-bond acceptors (Lipinski definition) is 3. The van der Waals surface area contributed by atoms with Gasteiger partial charge in [0.15, 0.2) is 0 Å². The van der Waals surface area contributed by atoms with E-state index in [9.17, 15) is 9.59 Å². The maximum Gasteiger partial charge on any atom is 0.265 e. The maximum absolute atomic E-state index is 12.6. The summed E-state index contributed by atoms with van der Waals surface area (Å²) in [7, 11) is 0. The van der Waals surface area contributed by atoms with E-state index in [1.54, 1.807) is 35.2 Å². The van der Waals surface area contributed by atoms with Gasteiger partial charge in [0, 0.05) is 18.7 Å². The first-order valence-electron chi connectivity index (χ1n) is 8.01. The van der Waals surface area contributed by atoms with E-state index in [0.29, 0.717) is 35.2 Å². The van der Waals surface area contributed by atoms with Gasteiger partial charge in [-0.2, -0.15) is 0 Å². The first-order valence-corrected chi connectivity index (χ1v) is 8.01. The normalized spacial score (nSPS) is 10.8. The van der Waals surface area contributed by atoms with Crippen LogP contribution >= 0.6 is 0 Å². The van der Waals surface area contributed by atoms with Gasteiger partial charge in [-0.25, -0.2) is 4.98 Å². The minimum Gasteiger partial charge on any atom is -0.339 e. The van der Waals surface area contributed by atoms with Gasteiger partial charge in [-0.15, -0.1) is 0 Å². The highest BCUT2D eigenvalue weighted by atomic mass is 16.2. The van der Waals surface area contributed by atoms with Crippen molar-refractivity contribution in [3.8, 4) is 5.69 Å². The fraction of sp³-hybridized carbons (Fsp3) is 0.211. The number of aromatic nitrogens is 2. The van der Waals surface area contributed by atoms with Crippen molar-refractivity contribution in [2.24, 2.45) is 0 Å². The van der Waals surface area contributed by atoms with Gasteiger partial charge in [0.2, 0.25) is 0 Å². The smallest absolute Gasteiger partial charge is 0.265 e. The second-order valence-electron chi connectivity index (χ2n) is 5.46. The average Bonchev–Trinajstić information content (AvgIpc) is 2.63. The molecule has 0 fully saturated rings. The lowest BCUT2D eigenvalue weighted by Gasteiger charge is -2.18. The zero-order valence-electron chi connectivity index (χ0n) is 13.8. The van der Waals surface area contributed by atoms with E-state index in [1.807, 2.05) is 32.0 Å². The van der Waals surface area contributed by atoms with Crippen LogP contribution in [0.4, 0.5) is 0 Å². The summed E-state index contributed by atoms with van der Waals surface area (Å²) in [6.07, 6.45) is 1.52. The summed E-state index contributed by atoms with van der Waals surface area (Å²) in [5.74, 6) is -0.00414. The molecule has 0 saturated carbocycles. The molecule has 5 nitrogen and oxygen atoms in total. The van der Waals surface area contributed by atoms with Gasteiger partial charge in [-0.1, -0.05) is 12.1 Å². The van der Waals surface area contributed by atoms with Crippen molar-refractivity contribution in [3.05, 3.63) is 70.8 Å². The minimum atomic E-state index is -0.122. The van der Waals surface area contributed by atoms with Crippen LogP contribution in [0.15, 0.2) is 59.7 Å². The molecule has 24 heavy (non-hydrogen) atoms. The number of amides is 1. The van der Waals surface area contributed by atoms with Crippen molar-refractivity contribution in [1.29, 1.82) is 0 Å². The largest absolute Gasteiger partial charge is 0.339 e. The van der Waals surface area contributed by atoms with Crippen LogP contribution in [0.5, 0.6) is 0 Å². The van der Waals surface area contributed by atoms with E-state index >= 15 is 0 Å². The number of carbonyl (C=O) groups excluding carboxylic acids is 1. The molecule has 0 spiro atoms. The van der Waals surface area contributed by atoms with Gasteiger partial charge in [0.05, 0.1) is 16.6 Å². The highest BCUT2D eigenvalue weighted by molar-refractivity contribution is 5.94. The first-order chi connectivity index (χ1) is 11.7. The third-order valence-electron chi connectivity index (χ3n) is 4.11. The molecule has 2 aromatic carbocycles. The topological polar surface area (TPSA) is 55.2 Å². The molecule has 0 unspecified atom stereocenters. The molecular formula is C19H19N3O2. The molecule has 3 aromatic rings. The molecular weight excluding hydrogens is 302 g/mol. The number of carbonyl (C=O) groups is 1. The van der Waals surface area contributed by atoms with E-state index in [4.69, 9.17) is 0 Å². The summed E-state index contributed by atoms with van der Waals surface area (Å²) >= 11 is 0.